The Labute approximate surface area is 196 Å². The Kier molecular flexibility index (Phi) is 5.78. The van der Waals surface area contributed by atoms with Crippen molar-refractivity contribution >= 4 is 33.8 Å². The lowest BCUT2D eigenvalue weighted by Gasteiger charge is -2.19. The van der Waals surface area contributed by atoms with E-state index in [1.54, 1.807) is 37.3 Å². The van der Waals surface area contributed by atoms with Gasteiger partial charge in [0.05, 0.1) is 11.1 Å². The van der Waals surface area contributed by atoms with E-state index in [-0.39, 0.29) is 17.0 Å². The van der Waals surface area contributed by atoms with Crippen LogP contribution in [0.15, 0.2) is 70.9 Å². The van der Waals surface area contributed by atoms with Crippen LogP contribution in [0.2, 0.25) is 0 Å². The Hall–Kier alpha value is -3.18. The molecule has 0 bridgehead atoms. The van der Waals surface area contributed by atoms with Crippen LogP contribution in [0, 0.1) is 6.92 Å². The molecular weight excluding hydrogens is 468 g/mol. The maximum atomic E-state index is 12.8. The Morgan fingerprint density at radius 1 is 0.969 bits per heavy atom. The van der Waals surface area contributed by atoms with Crippen LogP contribution in [0.1, 0.15) is 58.2 Å². The van der Waals surface area contributed by atoms with Gasteiger partial charge in [-0.2, -0.15) is 0 Å². The molecule has 0 amide bonds. The molecule has 4 rings (SSSR count). The molecule has 0 spiro atoms. The summed E-state index contributed by atoms with van der Waals surface area (Å²) in [4.78, 5) is 25.5. The molecule has 5 heteroatoms. The Bertz CT molecular complexity index is 1230. The number of ketones is 1. The average molecular weight is 491 g/mol. The predicted octanol–water partition coefficient (Wildman–Crippen LogP) is 6.89. The molecule has 4 nitrogen and oxygen atoms in total. The lowest BCUT2D eigenvalue weighted by Crippen LogP contribution is -2.13. The fourth-order valence-electron chi connectivity index (χ4n) is 3.45. The van der Waals surface area contributed by atoms with Crippen LogP contribution in [0.3, 0.4) is 0 Å². The number of Topliss-reactive ketones (excluding diaryl/α,β-unsaturated/α-hetero) is 1. The Morgan fingerprint density at radius 2 is 1.62 bits per heavy atom. The molecule has 0 aromatic heterocycles. The summed E-state index contributed by atoms with van der Waals surface area (Å²) in [6.45, 7) is 8.14. The maximum absolute atomic E-state index is 12.8. The smallest absolute Gasteiger partial charge is 0.343 e. The molecule has 0 N–H and O–H groups in total. The number of fused-ring (bicyclic) bond motifs is 1. The highest BCUT2D eigenvalue weighted by Crippen LogP contribution is 2.39. The number of carbonyl (C=O) groups excluding carboxylic acids is 2. The molecule has 0 aliphatic carbocycles. The van der Waals surface area contributed by atoms with E-state index in [2.05, 4.69) is 36.7 Å². The minimum Gasteiger partial charge on any atom is -0.452 e. The van der Waals surface area contributed by atoms with Gasteiger partial charge in [0.1, 0.15) is 11.5 Å². The van der Waals surface area contributed by atoms with E-state index in [1.807, 2.05) is 36.4 Å². The highest BCUT2D eigenvalue weighted by molar-refractivity contribution is 9.10. The van der Waals surface area contributed by atoms with Crippen molar-refractivity contribution in [3.05, 3.63) is 98.7 Å². The number of hydrogen-bond acceptors (Lipinski definition) is 4. The average Bonchev–Trinajstić information content (AvgIpc) is 3.07. The molecule has 0 radical (unpaired) electrons. The van der Waals surface area contributed by atoms with Crippen molar-refractivity contribution in [2.24, 2.45) is 0 Å². The second-order valence-electron chi connectivity index (χ2n) is 8.77. The molecule has 0 unspecified atom stereocenters. The second-order valence-corrected chi connectivity index (χ2v) is 9.69. The maximum Gasteiger partial charge on any atom is 0.343 e. The SMILES string of the molecule is Cc1c(OC(=O)c2ccc(C(C)(C)C)cc2)ccc2c1O/C(=C\c1ccc(Br)cc1)C2=O. The molecule has 32 heavy (non-hydrogen) atoms. The molecule has 0 atom stereocenters. The minimum atomic E-state index is -0.455. The first kappa shape index (κ1) is 22.0. The first-order valence-corrected chi connectivity index (χ1v) is 11.1. The summed E-state index contributed by atoms with van der Waals surface area (Å²) in [6.07, 6.45) is 1.71. The summed E-state index contributed by atoms with van der Waals surface area (Å²) in [7, 11) is 0. The van der Waals surface area contributed by atoms with Gasteiger partial charge in [0.15, 0.2) is 5.76 Å². The van der Waals surface area contributed by atoms with Crippen LogP contribution in [0.4, 0.5) is 0 Å². The fraction of sp³-hybridized carbons (Fsp3) is 0.185. The summed E-state index contributed by atoms with van der Waals surface area (Å²) in [5, 5.41) is 0. The van der Waals surface area contributed by atoms with Gasteiger partial charge in [-0.1, -0.05) is 61.0 Å². The van der Waals surface area contributed by atoms with Crippen molar-refractivity contribution < 1.29 is 19.1 Å². The molecule has 3 aromatic rings. The first-order chi connectivity index (χ1) is 15.1. The quantitative estimate of drug-likeness (QED) is 0.228. The number of carbonyl (C=O) groups is 2. The van der Waals surface area contributed by atoms with Crippen molar-refractivity contribution in [2.45, 2.75) is 33.1 Å². The van der Waals surface area contributed by atoms with Gasteiger partial charge < -0.3 is 9.47 Å². The van der Waals surface area contributed by atoms with Gasteiger partial charge in [0.25, 0.3) is 0 Å². The van der Waals surface area contributed by atoms with E-state index < -0.39 is 5.97 Å². The predicted molar refractivity (Wildman–Crippen MR) is 128 cm³/mol. The summed E-state index contributed by atoms with van der Waals surface area (Å²) >= 11 is 3.40. The third-order valence-corrected chi connectivity index (χ3v) is 5.92. The molecule has 162 valence electrons. The van der Waals surface area contributed by atoms with Gasteiger partial charge in [-0.05, 0) is 65.9 Å². The highest BCUT2D eigenvalue weighted by atomic mass is 79.9. The van der Waals surface area contributed by atoms with Crippen molar-refractivity contribution in [1.29, 1.82) is 0 Å². The number of esters is 1. The number of halogens is 1. The third kappa shape index (κ3) is 4.39. The standard InChI is InChI=1S/C27H23BrO4/c1-16-22(32-26(30)18-7-9-19(10-8-18)27(2,3)4)14-13-21-24(29)23(31-25(16)21)15-17-5-11-20(28)12-6-17/h5-15H,1-4H3/b23-15-. The minimum absolute atomic E-state index is 0.00432. The normalized spacial score (nSPS) is 14.3. The topological polar surface area (TPSA) is 52.6 Å². The van der Waals surface area contributed by atoms with E-state index in [4.69, 9.17) is 9.47 Å². The molecular formula is C27H23BrO4. The zero-order valence-corrected chi connectivity index (χ0v) is 19.9. The van der Waals surface area contributed by atoms with Crippen LogP contribution in [-0.2, 0) is 5.41 Å². The molecule has 0 saturated carbocycles. The number of hydrogen-bond donors (Lipinski definition) is 0. The van der Waals surface area contributed by atoms with Gasteiger partial charge in [0.2, 0.25) is 5.78 Å². The number of ether oxygens (including phenoxy) is 2. The summed E-state index contributed by atoms with van der Waals surface area (Å²) in [5.41, 5.74) is 3.53. The second kappa shape index (κ2) is 8.40. The van der Waals surface area contributed by atoms with Crippen LogP contribution >= 0.6 is 15.9 Å². The number of rotatable bonds is 3. The summed E-state index contributed by atoms with van der Waals surface area (Å²) in [6, 6.07) is 18.3. The summed E-state index contributed by atoms with van der Waals surface area (Å²) in [5.74, 6) is 0.384. The van der Waals surface area contributed by atoms with E-state index in [0.717, 1.165) is 15.6 Å². The van der Waals surface area contributed by atoms with Crippen molar-refractivity contribution in [3.8, 4) is 11.5 Å². The molecule has 0 fully saturated rings. The van der Waals surface area contributed by atoms with Crippen molar-refractivity contribution in [2.75, 3.05) is 0 Å². The van der Waals surface area contributed by atoms with Crippen LogP contribution in [0.25, 0.3) is 6.08 Å². The largest absolute Gasteiger partial charge is 0.452 e. The van der Waals surface area contributed by atoms with Gasteiger partial charge in [0, 0.05) is 10.0 Å². The van der Waals surface area contributed by atoms with Crippen LogP contribution in [0.5, 0.6) is 11.5 Å². The van der Waals surface area contributed by atoms with Gasteiger partial charge >= 0.3 is 5.97 Å². The van der Waals surface area contributed by atoms with Gasteiger partial charge in [-0.3, -0.25) is 4.79 Å². The molecule has 1 aliphatic heterocycles. The van der Waals surface area contributed by atoms with E-state index in [1.165, 1.54) is 0 Å². The van der Waals surface area contributed by atoms with E-state index in [9.17, 15) is 9.59 Å². The Balaban J connectivity index is 1.56. The number of benzene rings is 3. The van der Waals surface area contributed by atoms with E-state index >= 15 is 0 Å². The monoisotopic (exact) mass is 490 g/mol. The third-order valence-electron chi connectivity index (χ3n) is 5.39. The summed E-state index contributed by atoms with van der Waals surface area (Å²) < 4.78 is 12.5. The molecule has 1 aliphatic rings. The fourth-order valence-corrected chi connectivity index (χ4v) is 3.72. The molecule has 3 aromatic carbocycles. The lowest BCUT2D eigenvalue weighted by atomic mass is 9.87. The van der Waals surface area contributed by atoms with Crippen LogP contribution in [-0.4, -0.2) is 11.8 Å². The van der Waals surface area contributed by atoms with Gasteiger partial charge in [-0.15, -0.1) is 0 Å². The molecule has 0 saturated heterocycles. The highest BCUT2D eigenvalue weighted by Gasteiger charge is 2.30. The lowest BCUT2D eigenvalue weighted by molar-refractivity contribution is 0.0733. The first-order valence-electron chi connectivity index (χ1n) is 10.3. The van der Waals surface area contributed by atoms with E-state index in [0.29, 0.717) is 28.2 Å². The van der Waals surface area contributed by atoms with Gasteiger partial charge in [-0.25, -0.2) is 4.79 Å². The van der Waals surface area contributed by atoms with Crippen molar-refractivity contribution in [3.63, 3.8) is 0 Å². The Morgan fingerprint density at radius 3 is 2.25 bits per heavy atom. The number of allylic oxidation sites excluding steroid dienone is 1. The van der Waals surface area contributed by atoms with Crippen LogP contribution < -0.4 is 9.47 Å². The zero-order valence-electron chi connectivity index (χ0n) is 18.4. The van der Waals surface area contributed by atoms with Crippen molar-refractivity contribution in [1.82, 2.24) is 0 Å². The zero-order chi connectivity index (χ0) is 23.0. The molecule has 1 heterocycles.